The molecule has 0 heterocycles. The van der Waals surface area contributed by atoms with E-state index in [1.165, 1.54) is 7.11 Å². The van der Waals surface area contributed by atoms with Gasteiger partial charge in [0.1, 0.15) is 0 Å². The monoisotopic (exact) mass is 353 g/mol. The summed E-state index contributed by atoms with van der Waals surface area (Å²) >= 11 is 0. The van der Waals surface area contributed by atoms with Gasteiger partial charge in [0, 0.05) is 6.04 Å². The van der Waals surface area contributed by atoms with Crippen molar-refractivity contribution in [3.05, 3.63) is 42.0 Å². The van der Waals surface area contributed by atoms with Crippen LogP contribution in [0.4, 0.5) is 0 Å². The van der Waals surface area contributed by atoms with Gasteiger partial charge in [0.05, 0.1) is 17.9 Å². The Kier molecular flexibility index (Phi) is 8.15. The SMILES string of the molecule is CCCC[C@@H](/C=C/[C@H](C)NS(=O)(=O)c1ccc(C)cc1)C(=O)OC. The fourth-order valence-electron chi connectivity index (χ4n) is 2.24. The van der Waals surface area contributed by atoms with Gasteiger partial charge in [-0.15, -0.1) is 0 Å². The Morgan fingerprint density at radius 1 is 1.25 bits per heavy atom. The predicted octanol–water partition coefficient (Wildman–Crippen LogP) is 3.20. The molecule has 0 unspecified atom stereocenters. The Balaban J connectivity index is 2.76. The second-order valence-corrected chi connectivity index (χ2v) is 7.59. The fourth-order valence-corrected chi connectivity index (χ4v) is 3.44. The fraction of sp³-hybridized carbons (Fsp3) is 0.500. The summed E-state index contributed by atoms with van der Waals surface area (Å²) in [6.07, 6.45) is 6.01. The van der Waals surface area contributed by atoms with Crippen LogP contribution in [0.3, 0.4) is 0 Å². The van der Waals surface area contributed by atoms with Crippen LogP contribution in [0.5, 0.6) is 0 Å². The standard InChI is InChI=1S/C18H27NO4S/c1-5-6-7-16(18(20)23-4)11-10-15(3)19-24(21,22)17-12-8-14(2)9-13-17/h8-13,15-16,19H,5-7H2,1-4H3/b11-10+/t15-,16-/m0/s1. The van der Waals surface area contributed by atoms with Gasteiger partial charge in [0.25, 0.3) is 0 Å². The molecule has 134 valence electrons. The van der Waals surface area contributed by atoms with Crippen molar-refractivity contribution in [1.29, 1.82) is 0 Å². The third-order valence-electron chi connectivity index (χ3n) is 3.68. The molecule has 1 N–H and O–H groups in total. The van der Waals surface area contributed by atoms with E-state index in [2.05, 4.69) is 11.6 Å². The van der Waals surface area contributed by atoms with Gasteiger partial charge in [-0.25, -0.2) is 13.1 Å². The van der Waals surface area contributed by atoms with E-state index >= 15 is 0 Å². The molecule has 0 aromatic heterocycles. The van der Waals surface area contributed by atoms with Gasteiger partial charge < -0.3 is 4.74 Å². The lowest BCUT2D eigenvalue weighted by Crippen LogP contribution is -2.31. The molecule has 6 heteroatoms. The number of esters is 1. The van der Waals surface area contributed by atoms with Crippen LogP contribution in [0.15, 0.2) is 41.3 Å². The van der Waals surface area contributed by atoms with E-state index in [0.717, 1.165) is 18.4 Å². The summed E-state index contributed by atoms with van der Waals surface area (Å²) in [6.45, 7) is 5.69. The van der Waals surface area contributed by atoms with E-state index in [1.54, 1.807) is 43.3 Å². The molecule has 5 nitrogen and oxygen atoms in total. The summed E-state index contributed by atoms with van der Waals surface area (Å²) in [5.41, 5.74) is 0.999. The Labute approximate surface area is 145 Å². The normalized spacial score (nSPS) is 14.5. The van der Waals surface area contributed by atoms with Gasteiger partial charge in [-0.3, -0.25) is 4.79 Å². The first kappa shape index (κ1) is 20.4. The quantitative estimate of drug-likeness (QED) is 0.546. The van der Waals surface area contributed by atoms with Crippen LogP contribution in [-0.4, -0.2) is 27.5 Å². The second-order valence-electron chi connectivity index (χ2n) is 5.88. The highest BCUT2D eigenvalue weighted by Crippen LogP contribution is 2.14. The molecular weight excluding hydrogens is 326 g/mol. The number of unbranched alkanes of at least 4 members (excludes halogenated alkanes) is 1. The topological polar surface area (TPSA) is 72.5 Å². The summed E-state index contributed by atoms with van der Waals surface area (Å²) < 4.78 is 32.0. The number of ether oxygens (including phenoxy) is 1. The molecule has 1 aromatic rings. The average molecular weight is 353 g/mol. The van der Waals surface area contributed by atoms with Crippen molar-refractivity contribution in [1.82, 2.24) is 4.72 Å². The maximum absolute atomic E-state index is 12.3. The van der Waals surface area contributed by atoms with Gasteiger partial charge in [0.2, 0.25) is 10.0 Å². The zero-order valence-electron chi connectivity index (χ0n) is 14.8. The third-order valence-corrected chi connectivity index (χ3v) is 5.25. The van der Waals surface area contributed by atoms with E-state index in [9.17, 15) is 13.2 Å². The molecule has 24 heavy (non-hydrogen) atoms. The smallest absolute Gasteiger partial charge is 0.312 e. The number of sulfonamides is 1. The average Bonchev–Trinajstić information content (AvgIpc) is 2.54. The van der Waals surface area contributed by atoms with E-state index < -0.39 is 16.1 Å². The van der Waals surface area contributed by atoms with E-state index in [0.29, 0.717) is 6.42 Å². The van der Waals surface area contributed by atoms with E-state index in [4.69, 9.17) is 4.74 Å². The van der Waals surface area contributed by atoms with Crippen LogP contribution in [0.1, 0.15) is 38.7 Å². The Morgan fingerprint density at radius 3 is 2.42 bits per heavy atom. The van der Waals surface area contributed by atoms with E-state index in [-0.39, 0.29) is 16.8 Å². The van der Waals surface area contributed by atoms with Crippen molar-refractivity contribution in [2.24, 2.45) is 5.92 Å². The molecule has 0 saturated carbocycles. The summed E-state index contributed by atoms with van der Waals surface area (Å²) in [4.78, 5) is 12.0. The maximum atomic E-state index is 12.3. The zero-order valence-corrected chi connectivity index (χ0v) is 15.6. The third kappa shape index (κ3) is 6.45. The molecule has 0 aliphatic heterocycles. The molecule has 0 fully saturated rings. The minimum absolute atomic E-state index is 0.226. The molecule has 0 radical (unpaired) electrons. The molecule has 0 bridgehead atoms. The molecule has 2 atom stereocenters. The van der Waals surface area contributed by atoms with Crippen molar-refractivity contribution in [2.45, 2.75) is 51.0 Å². The lowest BCUT2D eigenvalue weighted by Gasteiger charge is -2.13. The minimum atomic E-state index is -3.58. The number of rotatable bonds is 9. The minimum Gasteiger partial charge on any atom is -0.469 e. The molecule has 0 saturated heterocycles. The molecular formula is C18H27NO4S. The summed E-state index contributed by atoms with van der Waals surface area (Å²) in [5.74, 6) is -0.644. The first-order valence-corrected chi connectivity index (χ1v) is 9.63. The first-order valence-electron chi connectivity index (χ1n) is 8.15. The summed E-state index contributed by atoms with van der Waals surface area (Å²) in [6, 6.07) is 6.24. The predicted molar refractivity (Wildman–Crippen MR) is 95.1 cm³/mol. The highest BCUT2D eigenvalue weighted by molar-refractivity contribution is 7.89. The maximum Gasteiger partial charge on any atom is 0.312 e. The Morgan fingerprint density at radius 2 is 1.88 bits per heavy atom. The molecule has 0 amide bonds. The van der Waals surface area contributed by atoms with Crippen molar-refractivity contribution in [2.75, 3.05) is 7.11 Å². The molecule has 0 aliphatic rings. The zero-order chi connectivity index (χ0) is 18.2. The number of nitrogens with one attached hydrogen (secondary N) is 1. The lowest BCUT2D eigenvalue weighted by molar-refractivity contribution is -0.143. The highest BCUT2D eigenvalue weighted by Gasteiger charge is 2.18. The summed E-state index contributed by atoms with van der Waals surface area (Å²) in [5, 5.41) is 0. The van der Waals surface area contributed by atoms with Crippen LogP contribution in [-0.2, 0) is 19.6 Å². The number of aryl methyl sites for hydroxylation is 1. The van der Waals surface area contributed by atoms with Gasteiger partial charge in [-0.05, 0) is 32.4 Å². The van der Waals surface area contributed by atoms with Gasteiger partial charge in [-0.2, -0.15) is 0 Å². The van der Waals surface area contributed by atoms with Gasteiger partial charge >= 0.3 is 5.97 Å². The molecule has 0 spiro atoms. The second kappa shape index (κ2) is 9.59. The molecule has 0 aliphatic carbocycles. The Hall–Kier alpha value is -1.66. The van der Waals surface area contributed by atoms with Crippen LogP contribution in [0.2, 0.25) is 0 Å². The Bertz CT molecular complexity index is 650. The lowest BCUT2D eigenvalue weighted by atomic mass is 10.0. The van der Waals surface area contributed by atoms with Crippen LogP contribution in [0.25, 0.3) is 0 Å². The first-order chi connectivity index (χ1) is 11.3. The number of hydrogen-bond acceptors (Lipinski definition) is 4. The summed E-state index contributed by atoms with van der Waals surface area (Å²) in [7, 11) is -2.22. The number of hydrogen-bond donors (Lipinski definition) is 1. The van der Waals surface area contributed by atoms with Crippen molar-refractivity contribution in [3.8, 4) is 0 Å². The highest BCUT2D eigenvalue weighted by atomic mass is 32.2. The van der Waals surface area contributed by atoms with Crippen molar-refractivity contribution < 1.29 is 17.9 Å². The van der Waals surface area contributed by atoms with E-state index in [1.807, 2.05) is 6.92 Å². The van der Waals surface area contributed by atoms with Crippen LogP contribution in [0, 0.1) is 12.8 Å². The van der Waals surface area contributed by atoms with Crippen LogP contribution < -0.4 is 4.72 Å². The van der Waals surface area contributed by atoms with Crippen molar-refractivity contribution in [3.63, 3.8) is 0 Å². The van der Waals surface area contributed by atoms with Crippen LogP contribution >= 0.6 is 0 Å². The number of carbonyl (C=O) groups is 1. The number of benzene rings is 1. The van der Waals surface area contributed by atoms with Crippen molar-refractivity contribution >= 4 is 16.0 Å². The number of methoxy groups -OCH3 is 1. The number of carbonyl (C=O) groups excluding carboxylic acids is 1. The molecule has 1 rings (SSSR count). The molecule has 1 aromatic carbocycles. The van der Waals surface area contributed by atoms with Gasteiger partial charge in [0.15, 0.2) is 0 Å². The van der Waals surface area contributed by atoms with Gasteiger partial charge in [-0.1, -0.05) is 49.6 Å². The largest absolute Gasteiger partial charge is 0.469 e.